The van der Waals surface area contributed by atoms with Crippen LogP contribution in [0.15, 0.2) is 0 Å². The second-order valence-electron chi connectivity index (χ2n) is 5.29. The van der Waals surface area contributed by atoms with Gasteiger partial charge in [0.25, 0.3) is 0 Å². The highest BCUT2D eigenvalue weighted by atomic mass is 32.3. The van der Waals surface area contributed by atoms with Gasteiger partial charge >= 0.3 is 16.3 Å². The molecule has 0 saturated carbocycles. The van der Waals surface area contributed by atoms with E-state index in [2.05, 4.69) is 5.32 Å². The Morgan fingerprint density at radius 2 is 1.89 bits per heavy atom. The van der Waals surface area contributed by atoms with Gasteiger partial charge in [-0.2, -0.15) is 8.42 Å². The van der Waals surface area contributed by atoms with Gasteiger partial charge in [-0.1, -0.05) is 6.42 Å². The minimum absolute atomic E-state index is 0.137. The molecule has 0 aromatic rings. The van der Waals surface area contributed by atoms with Crippen LogP contribution in [0.25, 0.3) is 0 Å². The van der Waals surface area contributed by atoms with Crippen LogP contribution in [0.4, 0.5) is 8.68 Å². The molecule has 1 unspecified atom stereocenters. The van der Waals surface area contributed by atoms with Crippen molar-refractivity contribution in [3.63, 3.8) is 0 Å². The lowest BCUT2D eigenvalue weighted by Crippen LogP contribution is -2.37. The van der Waals surface area contributed by atoms with Crippen LogP contribution in [0.2, 0.25) is 0 Å². The van der Waals surface area contributed by atoms with Gasteiger partial charge in [0.05, 0.1) is 5.75 Å². The number of rotatable bonds is 6. The molecule has 0 aliphatic carbocycles. The third-order valence-corrected chi connectivity index (χ3v) is 2.81. The summed E-state index contributed by atoms with van der Waals surface area (Å²) >= 11 is 0. The Balaban J connectivity index is 3.78. The molecule has 0 radical (unpaired) electrons. The standard InChI is InChI=1S/C11H22FNO4S/c1-9(7-5-6-8-18(12,15)16)13-10(14)17-11(2,3)4/h9H,5-8H2,1-4H3,(H,13,14). The molecule has 1 amide bonds. The summed E-state index contributed by atoms with van der Waals surface area (Å²) in [5.41, 5.74) is -0.549. The van der Waals surface area contributed by atoms with Gasteiger partial charge in [0.1, 0.15) is 5.60 Å². The molecule has 0 rings (SSSR count). The van der Waals surface area contributed by atoms with Crippen molar-refractivity contribution in [1.29, 1.82) is 0 Å². The minimum atomic E-state index is -4.38. The summed E-state index contributed by atoms with van der Waals surface area (Å²) in [5.74, 6) is -0.466. The van der Waals surface area contributed by atoms with Crippen molar-refractivity contribution in [3.8, 4) is 0 Å². The normalized spacial score (nSPS) is 14.1. The zero-order valence-electron chi connectivity index (χ0n) is 11.3. The van der Waals surface area contributed by atoms with E-state index < -0.39 is 27.7 Å². The van der Waals surface area contributed by atoms with Crippen molar-refractivity contribution in [2.24, 2.45) is 0 Å². The second kappa shape index (κ2) is 6.92. The predicted molar refractivity (Wildman–Crippen MR) is 67.6 cm³/mol. The summed E-state index contributed by atoms with van der Waals surface area (Å²) in [5, 5.41) is 2.63. The molecule has 0 aliphatic heterocycles. The highest BCUT2D eigenvalue weighted by Crippen LogP contribution is 2.08. The first-order valence-corrected chi connectivity index (χ1v) is 7.47. The summed E-state index contributed by atoms with van der Waals surface area (Å²) in [6.07, 6.45) is 0.849. The molecule has 0 spiro atoms. The number of alkyl carbamates (subject to hydrolysis) is 1. The van der Waals surface area contributed by atoms with Gasteiger partial charge in [0.15, 0.2) is 0 Å². The van der Waals surface area contributed by atoms with Crippen LogP contribution in [-0.4, -0.2) is 31.9 Å². The van der Waals surface area contributed by atoms with Crippen molar-refractivity contribution in [1.82, 2.24) is 5.32 Å². The van der Waals surface area contributed by atoms with E-state index in [-0.39, 0.29) is 12.5 Å². The quantitative estimate of drug-likeness (QED) is 0.600. The maximum Gasteiger partial charge on any atom is 0.407 e. The third kappa shape index (κ3) is 11.6. The summed E-state index contributed by atoms with van der Waals surface area (Å²) < 4.78 is 37.8. The smallest absolute Gasteiger partial charge is 0.407 e. The molecule has 0 saturated heterocycles. The molecule has 18 heavy (non-hydrogen) atoms. The van der Waals surface area contributed by atoms with Gasteiger partial charge in [-0.05, 0) is 40.5 Å². The van der Waals surface area contributed by atoms with E-state index >= 15 is 0 Å². The molecule has 5 nitrogen and oxygen atoms in total. The fourth-order valence-electron chi connectivity index (χ4n) is 1.31. The van der Waals surface area contributed by atoms with Gasteiger partial charge in [0, 0.05) is 6.04 Å². The molecule has 0 heterocycles. The van der Waals surface area contributed by atoms with Gasteiger partial charge < -0.3 is 10.1 Å². The monoisotopic (exact) mass is 283 g/mol. The molecule has 0 aromatic heterocycles. The molecule has 0 aliphatic rings. The van der Waals surface area contributed by atoms with Gasteiger partial charge in [0.2, 0.25) is 0 Å². The highest BCUT2D eigenvalue weighted by Gasteiger charge is 2.17. The fourth-order valence-corrected chi connectivity index (χ4v) is 1.85. The Morgan fingerprint density at radius 3 is 2.33 bits per heavy atom. The maximum absolute atomic E-state index is 12.2. The van der Waals surface area contributed by atoms with Gasteiger partial charge in [-0.3, -0.25) is 0 Å². The largest absolute Gasteiger partial charge is 0.444 e. The maximum atomic E-state index is 12.2. The number of ether oxygens (including phenoxy) is 1. The number of hydrogen-bond donors (Lipinski definition) is 1. The van der Waals surface area contributed by atoms with Crippen LogP contribution in [-0.2, 0) is 15.0 Å². The lowest BCUT2D eigenvalue weighted by molar-refractivity contribution is 0.0506. The average molecular weight is 283 g/mol. The van der Waals surface area contributed by atoms with Crippen molar-refractivity contribution in [3.05, 3.63) is 0 Å². The number of hydrogen-bond acceptors (Lipinski definition) is 4. The summed E-state index contributed by atoms with van der Waals surface area (Å²) in [4.78, 5) is 11.4. The van der Waals surface area contributed by atoms with Crippen molar-refractivity contribution in [2.75, 3.05) is 5.75 Å². The Hall–Kier alpha value is -0.850. The lowest BCUT2D eigenvalue weighted by atomic mass is 10.1. The Kier molecular flexibility index (Phi) is 6.59. The molecule has 7 heteroatoms. The molecule has 1 atom stereocenters. The third-order valence-electron chi connectivity index (χ3n) is 2.04. The number of halogens is 1. The Bertz CT molecular complexity index is 362. The highest BCUT2D eigenvalue weighted by molar-refractivity contribution is 7.86. The second-order valence-corrected chi connectivity index (χ2v) is 6.77. The van der Waals surface area contributed by atoms with Crippen LogP contribution in [0.3, 0.4) is 0 Å². The topological polar surface area (TPSA) is 72.5 Å². The van der Waals surface area contributed by atoms with Crippen LogP contribution >= 0.6 is 0 Å². The summed E-state index contributed by atoms with van der Waals surface area (Å²) in [7, 11) is -4.38. The van der Waals surface area contributed by atoms with E-state index in [1.807, 2.05) is 0 Å². The van der Waals surface area contributed by atoms with E-state index in [0.29, 0.717) is 12.8 Å². The van der Waals surface area contributed by atoms with E-state index in [9.17, 15) is 17.1 Å². The minimum Gasteiger partial charge on any atom is -0.444 e. The van der Waals surface area contributed by atoms with Crippen LogP contribution in [0.5, 0.6) is 0 Å². The number of carbonyl (C=O) groups excluding carboxylic acids is 1. The molecule has 1 N–H and O–H groups in total. The van der Waals surface area contributed by atoms with E-state index in [4.69, 9.17) is 4.74 Å². The summed E-state index contributed by atoms with van der Waals surface area (Å²) in [6, 6.07) is -0.137. The van der Waals surface area contributed by atoms with Crippen molar-refractivity contribution < 1.29 is 21.8 Å². The average Bonchev–Trinajstić information content (AvgIpc) is 2.07. The molecular formula is C11H22FNO4S. The lowest BCUT2D eigenvalue weighted by Gasteiger charge is -2.21. The number of amides is 1. The van der Waals surface area contributed by atoms with E-state index in [1.54, 1.807) is 27.7 Å². The van der Waals surface area contributed by atoms with Gasteiger partial charge in [-0.15, -0.1) is 3.89 Å². The molecule has 0 aromatic carbocycles. The Labute approximate surface area is 108 Å². The fraction of sp³-hybridized carbons (Fsp3) is 0.909. The molecule has 0 fully saturated rings. The van der Waals surface area contributed by atoms with E-state index in [0.717, 1.165) is 0 Å². The number of nitrogens with one attached hydrogen (secondary N) is 1. The van der Waals surface area contributed by atoms with Crippen LogP contribution < -0.4 is 5.32 Å². The zero-order valence-corrected chi connectivity index (χ0v) is 12.1. The van der Waals surface area contributed by atoms with Gasteiger partial charge in [-0.25, -0.2) is 4.79 Å². The van der Waals surface area contributed by atoms with E-state index in [1.165, 1.54) is 0 Å². The zero-order chi connectivity index (χ0) is 14.4. The molecule has 0 bridgehead atoms. The van der Waals surface area contributed by atoms with Crippen LogP contribution in [0.1, 0.15) is 47.0 Å². The predicted octanol–water partition coefficient (Wildman–Crippen LogP) is 2.37. The summed E-state index contributed by atoms with van der Waals surface area (Å²) in [6.45, 7) is 7.09. The number of carbonyl (C=O) groups is 1. The molecular weight excluding hydrogens is 261 g/mol. The van der Waals surface area contributed by atoms with Crippen LogP contribution in [0, 0.1) is 0 Å². The first-order chi connectivity index (χ1) is 7.99. The van der Waals surface area contributed by atoms with Crippen molar-refractivity contribution in [2.45, 2.75) is 58.6 Å². The Morgan fingerprint density at radius 1 is 1.33 bits per heavy atom. The molecule has 108 valence electrons. The first kappa shape index (κ1) is 17.2. The number of unbranched alkanes of at least 4 members (excludes halogenated alkanes) is 1. The SMILES string of the molecule is CC(CCCCS(=O)(=O)F)NC(=O)OC(C)(C)C. The first-order valence-electron chi connectivity index (χ1n) is 5.91. The van der Waals surface area contributed by atoms with Crippen molar-refractivity contribution >= 4 is 16.3 Å².